The van der Waals surface area contributed by atoms with Gasteiger partial charge in [-0.1, -0.05) is 12.8 Å². The van der Waals surface area contributed by atoms with E-state index in [0.717, 1.165) is 38.5 Å². The van der Waals surface area contributed by atoms with Crippen molar-refractivity contribution < 1.29 is 24.2 Å². The third-order valence-electron chi connectivity index (χ3n) is 4.54. The van der Waals surface area contributed by atoms with Crippen molar-refractivity contribution in [1.82, 2.24) is 4.98 Å². The number of ether oxygens (including phenoxy) is 2. The fourth-order valence-electron chi connectivity index (χ4n) is 3.05. The molecule has 0 saturated heterocycles. The van der Waals surface area contributed by atoms with Crippen molar-refractivity contribution in [3.63, 3.8) is 0 Å². The van der Waals surface area contributed by atoms with E-state index in [1.807, 2.05) is 0 Å². The topological polar surface area (TPSA) is 85.7 Å². The Morgan fingerprint density at radius 1 is 1.23 bits per heavy atom. The highest BCUT2D eigenvalue weighted by Crippen LogP contribution is 2.28. The molecule has 0 bridgehead atoms. The smallest absolute Gasteiger partial charge is 0.303 e. The number of allylic oxidation sites excluding steroid dienone is 1. The number of carbonyl (C=O) groups is 2. The molecule has 26 heavy (non-hydrogen) atoms. The molecule has 1 fully saturated rings. The fraction of sp³-hybridized carbons (Fsp3) is 0.550. The number of nitrogens with zero attached hydrogens (tertiary/aromatic N) is 1. The van der Waals surface area contributed by atoms with Gasteiger partial charge in [-0.3, -0.25) is 14.6 Å². The summed E-state index contributed by atoms with van der Waals surface area (Å²) in [5.74, 6) is 0.678. The third-order valence-corrected chi connectivity index (χ3v) is 4.54. The molecular weight excluding hydrogens is 334 g/mol. The molecule has 1 aromatic rings. The van der Waals surface area contributed by atoms with E-state index in [4.69, 9.17) is 14.6 Å². The zero-order valence-electron chi connectivity index (χ0n) is 15.3. The van der Waals surface area contributed by atoms with Gasteiger partial charge in [0.1, 0.15) is 0 Å². The first-order chi connectivity index (χ1) is 12.6. The van der Waals surface area contributed by atoms with Crippen LogP contribution in [0.5, 0.6) is 11.5 Å². The Hall–Kier alpha value is -2.37. The quantitative estimate of drug-likeness (QED) is 0.475. The summed E-state index contributed by atoms with van der Waals surface area (Å²) < 4.78 is 11.0. The molecule has 1 aromatic heterocycles. The number of carboxylic acid groups (broad SMARTS) is 1. The molecule has 0 aliphatic heterocycles. The Balaban J connectivity index is 1.84. The first-order valence-electron chi connectivity index (χ1n) is 9.20. The van der Waals surface area contributed by atoms with Gasteiger partial charge in [0.2, 0.25) is 0 Å². The lowest BCUT2D eigenvalue weighted by Gasteiger charge is -2.10. The van der Waals surface area contributed by atoms with Gasteiger partial charge in [-0.05, 0) is 44.3 Å². The molecule has 1 aliphatic rings. The number of carboxylic acids is 1. The molecule has 0 unspecified atom stereocenters. The average Bonchev–Trinajstić information content (AvgIpc) is 3.17. The van der Waals surface area contributed by atoms with E-state index in [1.54, 1.807) is 31.5 Å². The highest BCUT2D eigenvalue weighted by atomic mass is 16.5. The minimum atomic E-state index is -0.771. The number of aromatic nitrogens is 1. The van der Waals surface area contributed by atoms with Crippen molar-refractivity contribution in [3.05, 3.63) is 24.0 Å². The van der Waals surface area contributed by atoms with Crippen molar-refractivity contribution in [2.75, 3.05) is 13.7 Å². The van der Waals surface area contributed by atoms with Crippen LogP contribution in [0.3, 0.4) is 0 Å². The number of unbranched alkanes of at least 4 members (excludes halogenated alkanes) is 2. The van der Waals surface area contributed by atoms with Crippen LogP contribution in [0.2, 0.25) is 0 Å². The lowest BCUT2D eigenvalue weighted by molar-refractivity contribution is -0.137. The van der Waals surface area contributed by atoms with Crippen LogP contribution in [-0.2, 0) is 9.59 Å². The fourth-order valence-corrected chi connectivity index (χ4v) is 3.05. The van der Waals surface area contributed by atoms with Crippen LogP contribution in [0.25, 0.3) is 6.08 Å². The highest BCUT2D eigenvalue weighted by molar-refractivity contribution is 5.95. The minimum absolute atomic E-state index is 0.164. The maximum atomic E-state index is 12.1. The van der Waals surface area contributed by atoms with Gasteiger partial charge in [-0.15, -0.1) is 0 Å². The number of pyridine rings is 1. The maximum absolute atomic E-state index is 12.1. The first-order valence-corrected chi connectivity index (χ1v) is 9.20. The van der Waals surface area contributed by atoms with Gasteiger partial charge in [0, 0.05) is 18.4 Å². The lowest BCUT2D eigenvalue weighted by atomic mass is 10.0. The van der Waals surface area contributed by atoms with Crippen LogP contribution in [0, 0.1) is 5.92 Å². The van der Waals surface area contributed by atoms with Gasteiger partial charge < -0.3 is 14.6 Å². The van der Waals surface area contributed by atoms with Gasteiger partial charge in [-0.2, -0.15) is 0 Å². The Labute approximate surface area is 154 Å². The molecule has 142 valence electrons. The second-order valence-electron chi connectivity index (χ2n) is 6.53. The van der Waals surface area contributed by atoms with Crippen molar-refractivity contribution >= 4 is 17.8 Å². The number of carbonyl (C=O) groups excluding carboxylic acids is 1. The van der Waals surface area contributed by atoms with E-state index in [2.05, 4.69) is 4.98 Å². The van der Waals surface area contributed by atoms with Gasteiger partial charge in [0.25, 0.3) is 0 Å². The molecule has 1 aliphatic carbocycles. The van der Waals surface area contributed by atoms with E-state index >= 15 is 0 Å². The lowest BCUT2D eigenvalue weighted by Crippen LogP contribution is -2.06. The summed E-state index contributed by atoms with van der Waals surface area (Å²) in [5.41, 5.74) is 0.655. The Bertz CT molecular complexity index is 635. The Morgan fingerprint density at radius 3 is 2.69 bits per heavy atom. The summed E-state index contributed by atoms with van der Waals surface area (Å²) in [7, 11) is 1.56. The third kappa shape index (κ3) is 6.50. The van der Waals surface area contributed by atoms with Crippen molar-refractivity contribution in [2.45, 2.75) is 51.4 Å². The SMILES string of the molecule is COc1cc(/C=C/C(=O)C2CCCC2)ncc1OCCCCCC(=O)O. The van der Waals surface area contributed by atoms with E-state index in [9.17, 15) is 9.59 Å². The molecule has 2 rings (SSSR count). The first kappa shape index (κ1) is 19.9. The van der Waals surface area contributed by atoms with E-state index in [-0.39, 0.29) is 18.1 Å². The van der Waals surface area contributed by atoms with Crippen LogP contribution in [0.15, 0.2) is 18.3 Å². The monoisotopic (exact) mass is 361 g/mol. The number of hydrogen-bond donors (Lipinski definition) is 1. The Kier molecular flexibility index (Phi) is 8.12. The molecule has 6 nitrogen and oxygen atoms in total. The maximum Gasteiger partial charge on any atom is 0.303 e. The minimum Gasteiger partial charge on any atom is -0.493 e. The van der Waals surface area contributed by atoms with Crippen LogP contribution in [-0.4, -0.2) is 35.6 Å². The zero-order valence-corrected chi connectivity index (χ0v) is 15.3. The molecule has 0 radical (unpaired) electrons. The van der Waals surface area contributed by atoms with E-state index in [1.165, 1.54) is 0 Å². The predicted molar refractivity (Wildman–Crippen MR) is 98.4 cm³/mol. The molecular formula is C20H27NO5. The predicted octanol–water partition coefficient (Wildman–Crippen LogP) is 3.89. The second kappa shape index (κ2) is 10.6. The van der Waals surface area contributed by atoms with Crippen LogP contribution >= 0.6 is 0 Å². The van der Waals surface area contributed by atoms with Crippen molar-refractivity contribution in [2.24, 2.45) is 5.92 Å². The van der Waals surface area contributed by atoms with Gasteiger partial charge in [0.05, 0.1) is 25.6 Å². The number of rotatable bonds is 11. The summed E-state index contributed by atoms with van der Waals surface area (Å²) >= 11 is 0. The molecule has 0 amide bonds. The van der Waals surface area contributed by atoms with Crippen molar-refractivity contribution in [3.8, 4) is 11.5 Å². The van der Waals surface area contributed by atoms with Crippen LogP contribution in [0.4, 0.5) is 0 Å². The highest BCUT2D eigenvalue weighted by Gasteiger charge is 2.20. The van der Waals surface area contributed by atoms with Gasteiger partial charge in [0.15, 0.2) is 17.3 Å². The summed E-state index contributed by atoms with van der Waals surface area (Å²) in [6.45, 7) is 0.479. The molecule has 1 saturated carbocycles. The molecule has 0 spiro atoms. The average molecular weight is 361 g/mol. The molecule has 0 atom stereocenters. The summed E-state index contributed by atoms with van der Waals surface area (Å²) in [5, 5.41) is 8.60. The van der Waals surface area contributed by atoms with E-state index in [0.29, 0.717) is 30.2 Å². The normalized spacial score (nSPS) is 14.7. The Morgan fingerprint density at radius 2 is 2.00 bits per heavy atom. The standard InChI is InChI=1S/C20H27NO5/c1-25-18-13-16(10-11-17(22)15-7-4-5-8-15)21-14-19(18)26-12-6-2-3-9-20(23)24/h10-11,13-15H,2-9,12H2,1H3,(H,23,24)/b11-10+. The molecule has 1 heterocycles. The second-order valence-corrected chi connectivity index (χ2v) is 6.53. The summed E-state index contributed by atoms with van der Waals surface area (Å²) in [6, 6.07) is 1.75. The number of ketones is 1. The molecule has 1 N–H and O–H groups in total. The number of hydrogen-bond acceptors (Lipinski definition) is 5. The van der Waals surface area contributed by atoms with E-state index < -0.39 is 5.97 Å². The summed E-state index contributed by atoms with van der Waals surface area (Å²) in [6.07, 6.45) is 11.6. The number of methoxy groups -OCH3 is 1. The van der Waals surface area contributed by atoms with Crippen LogP contribution in [0.1, 0.15) is 57.1 Å². The zero-order chi connectivity index (χ0) is 18.8. The van der Waals surface area contributed by atoms with Gasteiger partial charge in [-0.25, -0.2) is 0 Å². The summed E-state index contributed by atoms with van der Waals surface area (Å²) in [4.78, 5) is 26.9. The molecule has 6 heteroatoms. The molecule has 0 aromatic carbocycles. The number of aliphatic carboxylic acids is 1. The van der Waals surface area contributed by atoms with Crippen LogP contribution < -0.4 is 9.47 Å². The van der Waals surface area contributed by atoms with Gasteiger partial charge >= 0.3 is 5.97 Å². The largest absolute Gasteiger partial charge is 0.493 e. The van der Waals surface area contributed by atoms with Crippen molar-refractivity contribution in [1.29, 1.82) is 0 Å².